The molecule has 2 heterocycles. The molecule has 23 heavy (non-hydrogen) atoms. The lowest BCUT2D eigenvalue weighted by Gasteiger charge is -2.15. The zero-order valence-electron chi connectivity index (χ0n) is 13.2. The SMILES string of the molecule is Cc1ccc(C(=O)N(C)Cc2nc(-c3cccs3)no2)cc1C. The minimum atomic E-state index is -0.0658. The van der Waals surface area contributed by atoms with Gasteiger partial charge in [-0.15, -0.1) is 11.3 Å². The topological polar surface area (TPSA) is 59.2 Å². The van der Waals surface area contributed by atoms with E-state index in [9.17, 15) is 4.79 Å². The summed E-state index contributed by atoms with van der Waals surface area (Å²) in [7, 11) is 1.73. The smallest absolute Gasteiger partial charge is 0.254 e. The summed E-state index contributed by atoms with van der Waals surface area (Å²) >= 11 is 1.55. The molecule has 118 valence electrons. The van der Waals surface area contributed by atoms with Crippen molar-refractivity contribution >= 4 is 17.2 Å². The molecule has 0 spiro atoms. The maximum Gasteiger partial charge on any atom is 0.254 e. The Morgan fingerprint density at radius 3 is 2.78 bits per heavy atom. The van der Waals surface area contributed by atoms with Gasteiger partial charge in [-0.25, -0.2) is 0 Å². The van der Waals surface area contributed by atoms with Crippen molar-refractivity contribution in [2.24, 2.45) is 0 Å². The van der Waals surface area contributed by atoms with Crippen LogP contribution in [0.25, 0.3) is 10.7 Å². The molecular formula is C17H17N3O2S. The Kier molecular flexibility index (Phi) is 4.25. The average molecular weight is 327 g/mol. The number of hydrogen-bond acceptors (Lipinski definition) is 5. The van der Waals surface area contributed by atoms with Crippen LogP contribution in [0.15, 0.2) is 40.2 Å². The highest BCUT2D eigenvalue weighted by Gasteiger charge is 2.16. The van der Waals surface area contributed by atoms with Crippen LogP contribution < -0.4 is 0 Å². The highest BCUT2D eigenvalue weighted by Crippen LogP contribution is 2.21. The Hall–Kier alpha value is -2.47. The average Bonchev–Trinajstić information content (AvgIpc) is 3.20. The second-order valence-corrected chi connectivity index (χ2v) is 6.40. The third kappa shape index (κ3) is 3.32. The quantitative estimate of drug-likeness (QED) is 0.733. The first-order valence-electron chi connectivity index (χ1n) is 7.24. The molecule has 0 fully saturated rings. The Morgan fingerprint density at radius 2 is 2.09 bits per heavy atom. The Morgan fingerprint density at radius 1 is 1.26 bits per heavy atom. The van der Waals surface area contributed by atoms with E-state index in [2.05, 4.69) is 10.1 Å². The van der Waals surface area contributed by atoms with E-state index in [1.54, 1.807) is 23.3 Å². The number of carbonyl (C=O) groups excluding carboxylic acids is 1. The van der Waals surface area contributed by atoms with Crippen molar-refractivity contribution in [3.63, 3.8) is 0 Å². The molecule has 0 aliphatic carbocycles. The minimum Gasteiger partial charge on any atom is -0.337 e. The molecule has 0 saturated heterocycles. The van der Waals surface area contributed by atoms with Gasteiger partial charge >= 0.3 is 0 Å². The highest BCUT2D eigenvalue weighted by atomic mass is 32.1. The molecule has 3 rings (SSSR count). The Balaban J connectivity index is 1.72. The third-order valence-electron chi connectivity index (χ3n) is 3.68. The van der Waals surface area contributed by atoms with Crippen LogP contribution in [0.3, 0.4) is 0 Å². The summed E-state index contributed by atoms with van der Waals surface area (Å²) in [5.74, 6) is 0.916. The molecule has 1 aromatic carbocycles. The van der Waals surface area contributed by atoms with Gasteiger partial charge in [0, 0.05) is 12.6 Å². The number of nitrogens with zero attached hydrogens (tertiary/aromatic N) is 3. The predicted octanol–water partition coefficient (Wildman–Crippen LogP) is 3.69. The van der Waals surface area contributed by atoms with E-state index < -0.39 is 0 Å². The van der Waals surface area contributed by atoms with Crippen molar-refractivity contribution in [2.75, 3.05) is 7.05 Å². The van der Waals surface area contributed by atoms with Gasteiger partial charge in [0.15, 0.2) is 0 Å². The second kappa shape index (κ2) is 6.34. The van der Waals surface area contributed by atoms with Gasteiger partial charge in [0.25, 0.3) is 5.91 Å². The molecule has 0 aliphatic rings. The van der Waals surface area contributed by atoms with Crippen LogP contribution in [0, 0.1) is 13.8 Å². The summed E-state index contributed by atoms with van der Waals surface area (Å²) < 4.78 is 5.24. The molecule has 5 nitrogen and oxygen atoms in total. The molecule has 0 N–H and O–H groups in total. The summed E-state index contributed by atoms with van der Waals surface area (Å²) in [6, 6.07) is 9.57. The number of aryl methyl sites for hydroxylation is 2. The van der Waals surface area contributed by atoms with Gasteiger partial charge in [0.1, 0.15) is 0 Å². The number of thiophene rings is 1. The molecule has 1 amide bonds. The third-order valence-corrected chi connectivity index (χ3v) is 4.55. The van der Waals surface area contributed by atoms with Gasteiger partial charge in [-0.1, -0.05) is 17.3 Å². The van der Waals surface area contributed by atoms with Crippen LogP contribution in [0.5, 0.6) is 0 Å². The normalized spacial score (nSPS) is 10.7. The molecule has 0 atom stereocenters. The fourth-order valence-electron chi connectivity index (χ4n) is 2.19. The maximum atomic E-state index is 12.5. The summed E-state index contributed by atoms with van der Waals surface area (Å²) in [5, 5.41) is 5.91. The van der Waals surface area contributed by atoms with Crippen LogP contribution in [-0.2, 0) is 6.54 Å². The van der Waals surface area contributed by atoms with Crippen molar-refractivity contribution in [1.29, 1.82) is 0 Å². The van der Waals surface area contributed by atoms with Gasteiger partial charge in [-0.3, -0.25) is 4.79 Å². The summed E-state index contributed by atoms with van der Waals surface area (Å²) in [6.45, 7) is 4.30. The zero-order valence-corrected chi connectivity index (χ0v) is 14.1. The number of benzene rings is 1. The lowest BCUT2D eigenvalue weighted by Crippen LogP contribution is -2.26. The minimum absolute atomic E-state index is 0.0658. The Bertz CT molecular complexity index is 824. The van der Waals surface area contributed by atoms with Crippen molar-refractivity contribution in [2.45, 2.75) is 20.4 Å². The fraction of sp³-hybridized carbons (Fsp3) is 0.235. The van der Waals surface area contributed by atoms with Crippen LogP contribution in [0.4, 0.5) is 0 Å². The van der Waals surface area contributed by atoms with Crippen molar-refractivity contribution in [3.05, 3.63) is 58.3 Å². The fourth-order valence-corrected chi connectivity index (χ4v) is 2.84. The van der Waals surface area contributed by atoms with E-state index in [1.165, 1.54) is 5.56 Å². The van der Waals surface area contributed by atoms with Crippen LogP contribution in [0.2, 0.25) is 0 Å². The molecule has 0 unspecified atom stereocenters. The Labute approximate surface area is 138 Å². The molecule has 0 bridgehead atoms. The first-order chi connectivity index (χ1) is 11.0. The number of rotatable bonds is 4. The molecule has 3 aromatic rings. The number of aromatic nitrogens is 2. The van der Waals surface area contributed by atoms with E-state index in [4.69, 9.17) is 4.52 Å². The first-order valence-corrected chi connectivity index (χ1v) is 8.12. The molecule has 0 saturated carbocycles. The van der Waals surface area contributed by atoms with Gasteiger partial charge < -0.3 is 9.42 Å². The number of carbonyl (C=O) groups is 1. The van der Waals surface area contributed by atoms with Crippen LogP contribution >= 0.6 is 11.3 Å². The standard InChI is InChI=1S/C17H17N3O2S/c1-11-6-7-13(9-12(11)2)17(21)20(3)10-15-18-16(19-22-15)14-5-4-8-23-14/h4-9H,10H2,1-3H3. The second-order valence-electron chi connectivity index (χ2n) is 5.45. The molecular weight excluding hydrogens is 310 g/mol. The van der Waals surface area contributed by atoms with Gasteiger partial charge in [0.2, 0.25) is 11.7 Å². The largest absolute Gasteiger partial charge is 0.337 e. The molecule has 0 radical (unpaired) electrons. The lowest BCUT2D eigenvalue weighted by molar-refractivity contribution is 0.0769. The number of hydrogen-bond donors (Lipinski definition) is 0. The van der Waals surface area contributed by atoms with E-state index in [0.29, 0.717) is 17.3 Å². The summed E-state index contributed by atoms with van der Waals surface area (Å²) in [4.78, 5) is 19.4. The van der Waals surface area contributed by atoms with Crippen molar-refractivity contribution in [3.8, 4) is 10.7 Å². The maximum absolute atomic E-state index is 12.5. The molecule has 6 heteroatoms. The number of amides is 1. The van der Waals surface area contributed by atoms with Gasteiger partial charge in [0.05, 0.1) is 11.4 Å². The van der Waals surface area contributed by atoms with Crippen LogP contribution in [-0.4, -0.2) is 28.0 Å². The first kappa shape index (κ1) is 15.4. The lowest BCUT2D eigenvalue weighted by atomic mass is 10.1. The van der Waals surface area contributed by atoms with E-state index >= 15 is 0 Å². The van der Waals surface area contributed by atoms with E-state index in [-0.39, 0.29) is 12.5 Å². The van der Waals surface area contributed by atoms with Crippen LogP contribution in [0.1, 0.15) is 27.4 Å². The van der Waals surface area contributed by atoms with E-state index in [0.717, 1.165) is 10.4 Å². The summed E-state index contributed by atoms with van der Waals surface area (Å²) in [6.07, 6.45) is 0. The van der Waals surface area contributed by atoms with Gasteiger partial charge in [-0.2, -0.15) is 4.98 Å². The van der Waals surface area contributed by atoms with E-state index in [1.807, 2.05) is 49.6 Å². The zero-order chi connectivity index (χ0) is 16.4. The van der Waals surface area contributed by atoms with Gasteiger partial charge in [-0.05, 0) is 48.6 Å². The molecule has 0 aliphatic heterocycles. The van der Waals surface area contributed by atoms with Crippen molar-refractivity contribution in [1.82, 2.24) is 15.0 Å². The molecule has 2 aromatic heterocycles. The van der Waals surface area contributed by atoms with Crippen molar-refractivity contribution < 1.29 is 9.32 Å². The summed E-state index contributed by atoms with van der Waals surface area (Å²) in [5.41, 5.74) is 2.93. The predicted molar refractivity (Wildman–Crippen MR) is 89.3 cm³/mol. The highest BCUT2D eigenvalue weighted by molar-refractivity contribution is 7.13. The monoisotopic (exact) mass is 327 g/mol.